The summed E-state index contributed by atoms with van der Waals surface area (Å²) in [5.41, 5.74) is 2.10. The minimum absolute atomic E-state index is 0.310. The summed E-state index contributed by atoms with van der Waals surface area (Å²) >= 11 is 5.97. The summed E-state index contributed by atoms with van der Waals surface area (Å²) in [6.45, 7) is 5.56. The zero-order valence-corrected chi connectivity index (χ0v) is 12.6. The fourth-order valence-corrected chi connectivity index (χ4v) is 1.99. The monoisotopic (exact) mass is 288 g/mol. The molecule has 0 aliphatic rings. The molecule has 0 unspecified atom stereocenters. The van der Waals surface area contributed by atoms with Crippen LogP contribution in [0.3, 0.4) is 0 Å². The summed E-state index contributed by atoms with van der Waals surface area (Å²) in [5.74, 6) is -0.310. The SMILES string of the molecule is CC(C)(C)OC(=O)c1ccc(-c2cccc(Cl)c2)cc1. The van der Waals surface area contributed by atoms with E-state index < -0.39 is 5.60 Å². The summed E-state index contributed by atoms with van der Waals surface area (Å²) in [5, 5.41) is 0.693. The topological polar surface area (TPSA) is 26.3 Å². The Morgan fingerprint density at radius 2 is 1.65 bits per heavy atom. The zero-order chi connectivity index (χ0) is 14.8. The molecule has 0 aliphatic carbocycles. The minimum atomic E-state index is -0.483. The quantitative estimate of drug-likeness (QED) is 0.730. The molecular formula is C17H17ClO2. The summed E-state index contributed by atoms with van der Waals surface area (Å²) in [4.78, 5) is 11.9. The molecule has 0 saturated heterocycles. The number of hydrogen-bond acceptors (Lipinski definition) is 2. The highest BCUT2D eigenvalue weighted by atomic mass is 35.5. The fourth-order valence-electron chi connectivity index (χ4n) is 1.80. The number of carbonyl (C=O) groups is 1. The molecule has 0 N–H and O–H groups in total. The molecule has 0 aromatic heterocycles. The molecule has 20 heavy (non-hydrogen) atoms. The van der Waals surface area contributed by atoms with Gasteiger partial charge in [0.1, 0.15) is 5.60 Å². The predicted molar refractivity (Wildman–Crippen MR) is 82.1 cm³/mol. The Morgan fingerprint density at radius 1 is 1.00 bits per heavy atom. The van der Waals surface area contributed by atoms with Crippen molar-refractivity contribution < 1.29 is 9.53 Å². The first-order valence-electron chi connectivity index (χ1n) is 6.44. The second-order valence-corrected chi connectivity index (χ2v) is 6.03. The van der Waals surface area contributed by atoms with Gasteiger partial charge in [0, 0.05) is 5.02 Å². The number of hydrogen-bond donors (Lipinski definition) is 0. The van der Waals surface area contributed by atoms with Gasteiger partial charge in [0.15, 0.2) is 0 Å². The van der Waals surface area contributed by atoms with Gasteiger partial charge in [-0.15, -0.1) is 0 Å². The largest absolute Gasteiger partial charge is 0.456 e. The minimum Gasteiger partial charge on any atom is -0.456 e. The standard InChI is InChI=1S/C17H17ClO2/c1-17(2,3)20-16(19)13-9-7-12(8-10-13)14-5-4-6-15(18)11-14/h4-11H,1-3H3. The molecule has 104 valence electrons. The molecule has 2 nitrogen and oxygen atoms in total. The van der Waals surface area contributed by atoms with Crippen LogP contribution in [0.1, 0.15) is 31.1 Å². The predicted octanol–water partition coefficient (Wildman–Crippen LogP) is 4.96. The van der Waals surface area contributed by atoms with Gasteiger partial charge in [-0.25, -0.2) is 4.79 Å². The van der Waals surface area contributed by atoms with Crippen LogP contribution in [0, 0.1) is 0 Å². The van der Waals surface area contributed by atoms with E-state index in [-0.39, 0.29) is 5.97 Å². The van der Waals surface area contributed by atoms with Crippen molar-refractivity contribution in [2.45, 2.75) is 26.4 Å². The van der Waals surface area contributed by atoms with Crippen LogP contribution in [-0.2, 0) is 4.74 Å². The highest BCUT2D eigenvalue weighted by Gasteiger charge is 2.17. The average molecular weight is 289 g/mol. The van der Waals surface area contributed by atoms with E-state index >= 15 is 0 Å². The summed E-state index contributed by atoms with van der Waals surface area (Å²) in [6.07, 6.45) is 0. The molecule has 2 aromatic carbocycles. The average Bonchev–Trinajstić information content (AvgIpc) is 2.37. The summed E-state index contributed by atoms with van der Waals surface area (Å²) in [6, 6.07) is 14.9. The van der Waals surface area contributed by atoms with E-state index in [0.717, 1.165) is 11.1 Å². The van der Waals surface area contributed by atoms with Gasteiger partial charge in [-0.3, -0.25) is 0 Å². The van der Waals surface area contributed by atoms with E-state index in [0.29, 0.717) is 10.6 Å². The van der Waals surface area contributed by atoms with Crippen molar-refractivity contribution in [3.63, 3.8) is 0 Å². The molecule has 0 saturated carbocycles. The Labute approximate surface area is 124 Å². The Hall–Kier alpha value is -1.80. The molecule has 3 heteroatoms. The van der Waals surface area contributed by atoms with Crippen LogP contribution in [-0.4, -0.2) is 11.6 Å². The molecule has 0 atom stereocenters. The third-order valence-electron chi connectivity index (χ3n) is 2.68. The van der Waals surface area contributed by atoms with Gasteiger partial charge in [-0.1, -0.05) is 35.9 Å². The second-order valence-electron chi connectivity index (χ2n) is 5.59. The Bertz CT molecular complexity index is 610. The van der Waals surface area contributed by atoms with Crippen molar-refractivity contribution >= 4 is 17.6 Å². The number of esters is 1. The van der Waals surface area contributed by atoms with Crippen LogP contribution in [0.4, 0.5) is 0 Å². The van der Waals surface area contributed by atoms with Gasteiger partial charge in [0.05, 0.1) is 5.56 Å². The number of ether oxygens (including phenoxy) is 1. The molecule has 0 aliphatic heterocycles. The molecule has 2 rings (SSSR count). The first-order chi connectivity index (χ1) is 9.35. The van der Waals surface area contributed by atoms with Crippen molar-refractivity contribution in [2.75, 3.05) is 0 Å². The van der Waals surface area contributed by atoms with Crippen LogP contribution in [0.15, 0.2) is 48.5 Å². The third-order valence-corrected chi connectivity index (χ3v) is 2.91. The number of benzene rings is 2. The Morgan fingerprint density at radius 3 is 2.20 bits per heavy atom. The van der Waals surface area contributed by atoms with Crippen LogP contribution in [0.2, 0.25) is 5.02 Å². The maximum Gasteiger partial charge on any atom is 0.338 e. The normalized spacial score (nSPS) is 11.2. The summed E-state index contributed by atoms with van der Waals surface area (Å²) < 4.78 is 5.33. The highest BCUT2D eigenvalue weighted by molar-refractivity contribution is 6.30. The van der Waals surface area contributed by atoms with E-state index in [2.05, 4.69) is 0 Å². The van der Waals surface area contributed by atoms with Gasteiger partial charge < -0.3 is 4.74 Å². The lowest BCUT2D eigenvalue weighted by Gasteiger charge is -2.19. The van der Waals surface area contributed by atoms with E-state index in [1.165, 1.54) is 0 Å². The van der Waals surface area contributed by atoms with E-state index in [4.69, 9.17) is 16.3 Å². The van der Waals surface area contributed by atoms with Crippen LogP contribution in [0.25, 0.3) is 11.1 Å². The number of rotatable bonds is 2. The second kappa shape index (κ2) is 5.68. The Kier molecular flexibility index (Phi) is 4.15. The molecule has 0 bridgehead atoms. The van der Waals surface area contributed by atoms with Gasteiger partial charge in [0.25, 0.3) is 0 Å². The number of carbonyl (C=O) groups excluding carboxylic acids is 1. The van der Waals surface area contributed by atoms with Crippen LogP contribution < -0.4 is 0 Å². The van der Waals surface area contributed by atoms with E-state index in [1.807, 2.05) is 57.2 Å². The van der Waals surface area contributed by atoms with Crippen molar-refractivity contribution in [3.05, 3.63) is 59.1 Å². The van der Waals surface area contributed by atoms with Crippen LogP contribution in [0.5, 0.6) is 0 Å². The maximum atomic E-state index is 11.9. The van der Waals surface area contributed by atoms with Gasteiger partial charge in [-0.05, 0) is 56.2 Å². The molecule has 0 amide bonds. The Balaban J connectivity index is 2.20. The first-order valence-corrected chi connectivity index (χ1v) is 6.82. The van der Waals surface area contributed by atoms with Gasteiger partial charge in [-0.2, -0.15) is 0 Å². The van der Waals surface area contributed by atoms with Crippen LogP contribution >= 0.6 is 11.6 Å². The lowest BCUT2D eigenvalue weighted by Crippen LogP contribution is -2.23. The van der Waals surface area contributed by atoms with Crippen molar-refractivity contribution in [1.29, 1.82) is 0 Å². The van der Waals surface area contributed by atoms with Crippen molar-refractivity contribution in [1.82, 2.24) is 0 Å². The zero-order valence-electron chi connectivity index (χ0n) is 11.8. The molecule has 2 aromatic rings. The highest BCUT2D eigenvalue weighted by Crippen LogP contribution is 2.23. The maximum absolute atomic E-state index is 11.9. The number of halogens is 1. The molecule has 0 heterocycles. The summed E-state index contributed by atoms with van der Waals surface area (Å²) in [7, 11) is 0. The van der Waals surface area contributed by atoms with Gasteiger partial charge in [0.2, 0.25) is 0 Å². The smallest absolute Gasteiger partial charge is 0.338 e. The van der Waals surface area contributed by atoms with Crippen molar-refractivity contribution in [3.8, 4) is 11.1 Å². The third kappa shape index (κ3) is 3.84. The lowest BCUT2D eigenvalue weighted by molar-refractivity contribution is 0.00696. The lowest BCUT2D eigenvalue weighted by atomic mass is 10.0. The molecular weight excluding hydrogens is 272 g/mol. The van der Waals surface area contributed by atoms with Crippen molar-refractivity contribution in [2.24, 2.45) is 0 Å². The van der Waals surface area contributed by atoms with Gasteiger partial charge >= 0.3 is 5.97 Å². The van der Waals surface area contributed by atoms with E-state index in [9.17, 15) is 4.79 Å². The molecule has 0 radical (unpaired) electrons. The first kappa shape index (κ1) is 14.6. The van der Waals surface area contributed by atoms with E-state index in [1.54, 1.807) is 12.1 Å². The fraction of sp³-hybridized carbons (Fsp3) is 0.235. The molecule has 0 spiro atoms. The molecule has 0 fully saturated rings.